The number of carbonyl (C=O) groups is 1. The Bertz CT molecular complexity index is 1340. The Hall–Kier alpha value is -2.47. The zero-order chi connectivity index (χ0) is 28.0. The van der Waals surface area contributed by atoms with Crippen molar-refractivity contribution in [3.8, 4) is 11.5 Å². The maximum atomic E-state index is 13.7. The number of hydrogen-bond acceptors (Lipinski definition) is 4. The van der Waals surface area contributed by atoms with Gasteiger partial charge in [-0.2, -0.15) is 0 Å². The number of aromatic nitrogens is 1. The van der Waals surface area contributed by atoms with Gasteiger partial charge in [0, 0.05) is 36.7 Å². The number of rotatable bonds is 9. The number of amides is 1. The number of hydrogen-bond donors (Lipinski definition) is 1. The standard InChI is InChI=1S/C34H47N3O3/c1-7-36(8-2)32(38)28-21(5)24-18-33(14-13-20(3)4)26-17-23-11-12-25(39-6)30-27(23)34(33,31(40-30)29(24)35-28)15-16-37(26)19-22-9-10-22/h11-12,20,22,26,31,35H,7-10,13-19H2,1-6H3/t26-,31-,33-,34?/m0/s1. The Morgan fingerprint density at radius 2 is 2.02 bits per heavy atom. The molecule has 1 saturated carbocycles. The Balaban J connectivity index is 1.46. The fourth-order valence-electron chi connectivity index (χ4n) is 9.32. The van der Waals surface area contributed by atoms with E-state index in [1.807, 2.05) is 4.90 Å². The lowest BCUT2D eigenvalue weighted by Gasteiger charge is -2.66. The molecule has 2 aliphatic heterocycles. The molecule has 4 atom stereocenters. The first kappa shape index (κ1) is 26.4. The van der Waals surface area contributed by atoms with Gasteiger partial charge in [0.15, 0.2) is 11.5 Å². The van der Waals surface area contributed by atoms with Gasteiger partial charge in [0.05, 0.1) is 18.2 Å². The van der Waals surface area contributed by atoms with Crippen molar-refractivity contribution in [1.29, 1.82) is 0 Å². The van der Waals surface area contributed by atoms with Gasteiger partial charge in [-0.15, -0.1) is 0 Å². The van der Waals surface area contributed by atoms with Crippen LogP contribution >= 0.6 is 0 Å². The second kappa shape index (κ2) is 9.27. The molecule has 7 rings (SSSR count). The Kier molecular flexibility index (Phi) is 6.13. The van der Waals surface area contributed by atoms with Gasteiger partial charge in [-0.3, -0.25) is 9.69 Å². The normalized spacial score (nSPS) is 29.7. The van der Waals surface area contributed by atoms with Crippen molar-refractivity contribution < 1.29 is 14.3 Å². The van der Waals surface area contributed by atoms with Gasteiger partial charge >= 0.3 is 0 Å². The molecule has 0 radical (unpaired) electrons. The zero-order valence-electron chi connectivity index (χ0n) is 25.4. The topological polar surface area (TPSA) is 57.8 Å². The number of ether oxygens (including phenoxy) is 2. The quantitative estimate of drug-likeness (QED) is 0.407. The number of likely N-dealkylation sites (tertiary alicyclic amines) is 1. The van der Waals surface area contributed by atoms with Crippen molar-refractivity contribution in [2.75, 3.05) is 33.3 Å². The number of H-pyrrole nitrogens is 1. The largest absolute Gasteiger partial charge is 0.493 e. The molecule has 6 nitrogen and oxygen atoms in total. The molecule has 1 saturated heterocycles. The highest BCUT2D eigenvalue weighted by Gasteiger charge is 2.72. The minimum atomic E-state index is -0.115. The van der Waals surface area contributed by atoms with Crippen molar-refractivity contribution >= 4 is 5.91 Å². The van der Waals surface area contributed by atoms with E-state index in [2.05, 4.69) is 56.6 Å². The minimum absolute atomic E-state index is 0.0646. The lowest BCUT2D eigenvalue weighted by molar-refractivity contribution is -0.117. The van der Waals surface area contributed by atoms with Crippen LogP contribution in [0.5, 0.6) is 11.5 Å². The van der Waals surface area contributed by atoms with Crippen LogP contribution in [0.4, 0.5) is 0 Å². The number of benzene rings is 1. The highest BCUT2D eigenvalue weighted by Crippen LogP contribution is 2.73. The molecular formula is C34H47N3O3. The van der Waals surface area contributed by atoms with Gasteiger partial charge < -0.3 is 19.4 Å². The van der Waals surface area contributed by atoms with E-state index >= 15 is 0 Å². The first-order valence-electron chi connectivity index (χ1n) is 15.9. The second-order valence-corrected chi connectivity index (χ2v) is 13.8. The number of aromatic amines is 1. The fourth-order valence-corrected chi connectivity index (χ4v) is 9.32. The van der Waals surface area contributed by atoms with E-state index < -0.39 is 0 Å². The molecule has 3 aliphatic carbocycles. The molecule has 5 aliphatic rings. The minimum Gasteiger partial charge on any atom is -0.493 e. The van der Waals surface area contributed by atoms with E-state index in [1.165, 1.54) is 48.9 Å². The number of nitrogens with one attached hydrogen (secondary N) is 1. The van der Waals surface area contributed by atoms with Gasteiger partial charge in [0.1, 0.15) is 11.8 Å². The predicted molar refractivity (Wildman–Crippen MR) is 157 cm³/mol. The zero-order valence-corrected chi connectivity index (χ0v) is 25.4. The highest BCUT2D eigenvalue weighted by molar-refractivity contribution is 5.94. The average molecular weight is 546 g/mol. The van der Waals surface area contributed by atoms with E-state index in [9.17, 15) is 4.79 Å². The van der Waals surface area contributed by atoms with E-state index in [0.717, 1.165) is 60.2 Å². The maximum Gasteiger partial charge on any atom is 0.270 e. The average Bonchev–Trinajstić information content (AvgIpc) is 3.61. The summed E-state index contributed by atoms with van der Waals surface area (Å²) in [4.78, 5) is 22.3. The third-order valence-electron chi connectivity index (χ3n) is 11.5. The lowest BCUT2D eigenvalue weighted by atomic mass is 9.42. The predicted octanol–water partition coefficient (Wildman–Crippen LogP) is 6.20. The summed E-state index contributed by atoms with van der Waals surface area (Å²) in [5.41, 5.74) is 7.22. The number of nitrogens with zero attached hydrogens (tertiary/aromatic N) is 2. The van der Waals surface area contributed by atoms with Gasteiger partial charge in [-0.1, -0.05) is 26.3 Å². The van der Waals surface area contributed by atoms with Gasteiger partial charge in [-0.25, -0.2) is 0 Å². The summed E-state index contributed by atoms with van der Waals surface area (Å²) in [7, 11) is 1.77. The first-order chi connectivity index (χ1) is 19.3. The van der Waals surface area contributed by atoms with Crippen LogP contribution in [0.3, 0.4) is 0 Å². The van der Waals surface area contributed by atoms with Crippen LogP contribution in [-0.4, -0.2) is 60.0 Å². The molecular weight excluding hydrogens is 498 g/mol. The van der Waals surface area contributed by atoms with Crippen molar-refractivity contribution in [1.82, 2.24) is 14.8 Å². The number of fused-ring (bicyclic) bond motifs is 2. The van der Waals surface area contributed by atoms with E-state index in [1.54, 1.807) is 7.11 Å². The first-order valence-corrected chi connectivity index (χ1v) is 15.9. The molecule has 6 heteroatoms. The molecule has 2 aromatic rings. The van der Waals surface area contributed by atoms with E-state index in [-0.39, 0.29) is 22.8 Å². The summed E-state index contributed by atoms with van der Waals surface area (Å²) < 4.78 is 13.1. The summed E-state index contributed by atoms with van der Waals surface area (Å²) in [5, 5.41) is 0. The summed E-state index contributed by atoms with van der Waals surface area (Å²) in [5.74, 6) is 3.43. The van der Waals surface area contributed by atoms with Gasteiger partial charge in [0.2, 0.25) is 0 Å². The van der Waals surface area contributed by atoms with E-state index in [4.69, 9.17) is 9.47 Å². The van der Waals surface area contributed by atoms with Crippen molar-refractivity contribution in [2.45, 2.75) is 97.1 Å². The van der Waals surface area contributed by atoms with E-state index in [0.29, 0.717) is 25.0 Å². The molecule has 2 bridgehead atoms. The molecule has 1 N–H and O–H groups in total. The molecule has 1 amide bonds. The van der Waals surface area contributed by atoms with Crippen LogP contribution in [0.1, 0.15) is 104 Å². The number of piperidine rings is 1. The molecule has 2 fully saturated rings. The Morgan fingerprint density at radius 1 is 1.25 bits per heavy atom. The van der Waals surface area contributed by atoms with Crippen LogP contribution in [-0.2, 0) is 18.3 Å². The molecule has 1 aromatic heterocycles. The van der Waals surface area contributed by atoms with Crippen LogP contribution in [0.25, 0.3) is 0 Å². The van der Waals surface area contributed by atoms with Crippen molar-refractivity contribution in [2.24, 2.45) is 17.3 Å². The summed E-state index contributed by atoms with van der Waals surface area (Å²) in [6.07, 6.45) is 8.25. The lowest BCUT2D eigenvalue weighted by Crippen LogP contribution is -2.70. The van der Waals surface area contributed by atoms with Crippen molar-refractivity contribution in [3.05, 3.63) is 45.8 Å². The summed E-state index contributed by atoms with van der Waals surface area (Å²) in [6.45, 7) is 14.8. The molecule has 3 heterocycles. The van der Waals surface area contributed by atoms with Gasteiger partial charge in [0.25, 0.3) is 5.91 Å². The smallest absolute Gasteiger partial charge is 0.270 e. The third kappa shape index (κ3) is 3.41. The maximum absolute atomic E-state index is 13.7. The Labute approximate surface area is 239 Å². The number of carbonyl (C=O) groups excluding carboxylic acids is 1. The monoisotopic (exact) mass is 545 g/mol. The molecule has 216 valence electrons. The summed E-state index contributed by atoms with van der Waals surface area (Å²) in [6, 6.07) is 4.94. The molecule has 40 heavy (non-hydrogen) atoms. The molecule has 1 spiro atoms. The molecule has 1 aromatic carbocycles. The number of methoxy groups -OCH3 is 1. The molecule has 1 unspecified atom stereocenters. The second-order valence-electron chi connectivity index (χ2n) is 13.8. The highest BCUT2D eigenvalue weighted by atomic mass is 16.5. The fraction of sp³-hybridized carbons (Fsp3) is 0.676. The van der Waals surface area contributed by atoms with Crippen molar-refractivity contribution in [3.63, 3.8) is 0 Å². The SMILES string of the molecule is CCN(CC)C(=O)c1[nH]c2c(c1C)C[C@@]1(CCC(C)C)[C@@H]3Cc4ccc(OC)c5c4C1(CCN3CC1CC1)[C@H]2O5. The van der Waals surface area contributed by atoms with Gasteiger partial charge in [-0.05, 0) is 100 Å². The van der Waals surface area contributed by atoms with Crippen LogP contribution in [0, 0.1) is 24.2 Å². The van der Waals surface area contributed by atoms with Crippen LogP contribution in [0.2, 0.25) is 0 Å². The van der Waals surface area contributed by atoms with Crippen LogP contribution in [0.15, 0.2) is 12.1 Å². The van der Waals surface area contributed by atoms with Crippen LogP contribution < -0.4 is 9.47 Å². The Morgan fingerprint density at radius 3 is 2.70 bits per heavy atom. The third-order valence-corrected chi connectivity index (χ3v) is 11.5. The summed E-state index contributed by atoms with van der Waals surface area (Å²) >= 11 is 0.